The minimum absolute atomic E-state index is 0.155. The van der Waals surface area contributed by atoms with Crippen LogP contribution < -0.4 is 10.6 Å². The van der Waals surface area contributed by atoms with E-state index in [1.165, 1.54) is 11.3 Å². The van der Waals surface area contributed by atoms with Crippen molar-refractivity contribution in [1.82, 2.24) is 0 Å². The monoisotopic (exact) mass is 262 g/mol. The molecule has 1 aromatic carbocycles. The molecule has 3 heteroatoms. The van der Waals surface area contributed by atoms with Crippen LogP contribution in [0.25, 0.3) is 0 Å². The van der Waals surface area contributed by atoms with Crippen molar-refractivity contribution in [3.63, 3.8) is 0 Å². The van der Waals surface area contributed by atoms with Crippen molar-refractivity contribution in [2.24, 2.45) is 5.73 Å². The van der Waals surface area contributed by atoms with Crippen LogP contribution in [-0.4, -0.2) is 32.3 Å². The Bertz CT molecular complexity index is 409. The van der Waals surface area contributed by atoms with Gasteiger partial charge in [-0.2, -0.15) is 0 Å². The quantitative estimate of drug-likeness (QED) is 0.909. The molecule has 1 aliphatic rings. The molecular formula is C16H26N2O. The van der Waals surface area contributed by atoms with Crippen LogP contribution in [0.5, 0.6) is 0 Å². The summed E-state index contributed by atoms with van der Waals surface area (Å²) in [4.78, 5) is 2.48. The van der Waals surface area contributed by atoms with Crippen LogP contribution in [0.15, 0.2) is 24.3 Å². The molecule has 2 rings (SSSR count). The maximum Gasteiger partial charge on any atom is 0.0671 e. The van der Waals surface area contributed by atoms with Crippen LogP contribution in [0.2, 0.25) is 0 Å². The van der Waals surface area contributed by atoms with Gasteiger partial charge in [0.1, 0.15) is 0 Å². The number of rotatable bonds is 3. The summed E-state index contributed by atoms with van der Waals surface area (Å²) in [7, 11) is 0. The normalized spacial score (nSPS) is 20.6. The number of para-hydroxylation sites is 1. The van der Waals surface area contributed by atoms with E-state index in [9.17, 15) is 0 Å². The van der Waals surface area contributed by atoms with Crippen LogP contribution in [0, 0.1) is 0 Å². The van der Waals surface area contributed by atoms with Gasteiger partial charge in [0.25, 0.3) is 0 Å². The number of benzene rings is 1. The van der Waals surface area contributed by atoms with Gasteiger partial charge in [-0.05, 0) is 30.0 Å². The van der Waals surface area contributed by atoms with Crippen LogP contribution in [-0.2, 0) is 10.2 Å². The molecule has 1 aromatic rings. The molecule has 0 radical (unpaired) electrons. The molecular weight excluding hydrogens is 236 g/mol. The van der Waals surface area contributed by atoms with E-state index in [2.05, 4.69) is 49.9 Å². The average molecular weight is 262 g/mol. The number of nitrogens with two attached hydrogens (primary N) is 1. The Labute approximate surface area is 116 Å². The first-order chi connectivity index (χ1) is 9.04. The molecule has 19 heavy (non-hydrogen) atoms. The van der Waals surface area contributed by atoms with Crippen molar-refractivity contribution >= 4 is 5.69 Å². The van der Waals surface area contributed by atoms with Gasteiger partial charge in [0.2, 0.25) is 0 Å². The summed E-state index contributed by atoms with van der Waals surface area (Å²) >= 11 is 0. The third kappa shape index (κ3) is 3.28. The number of nitrogens with zero attached hydrogens (tertiary/aromatic N) is 1. The molecule has 0 spiro atoms. The molecule has 0 saturated carbocycles. The lowest BCUT2D eigenvalue weighted by atomic mass is 9.85. The van der Waals surface area contributed by atoms with Crippen molar-refractivity contribution in [3.05, 3.63) is 29.8 Å². The number of anilines is 1. The molecule has 2 N–H and O–H groups in total. The highest BCUT2D eigenvalue weighted by atomic mass is 16.5. The summed E-state index contributed by atoms with van der Waals surface area (Å²) < 4.78 is 5.61. The first-order valence-corrected chi connectivity index (χ1v) is 7.18. The fourth-order valence-corrected chi connectivity index (χ4v) is 2.76. The molecule has 1 unspecified atom stereocenters. The van der Waals surface area contributed by atoms with Crippen molar-refractivity contribution in [2.75, 3.05) is 31.2 Å². The van der Waals surface area contributed by atoms with E-state index in [-0.39, 0.29) is 5.41 Å². The van der Waals surface area contributed by atoms with Crippen molar-refractivity contribution in [2.45, 2.75) is 38.6 Å². The summed E-state index contributed by atoms with van der Waals surface area (Å²) in [5.74, 6) is 0. The molecule has 106 valence electrons. The highest BCUT2D eigenvalue weighted by Gasteiger charge is 2.27. The Hall–Kier alpha value is -1.06. The second-order valence-electron chi connectivity index (χ2n) is 6.27. The van der Waals surface area contributed by atoms with Gasteiger partial charge in [-0.3, -0.25) is 0 Å². The second kappa shape index (κ2) is 5.93. The third-order valence-corrected chi connectivity index (χ3v) is 3.75. The molecule has 0 aromatic heterocycles. The second-order valence-corrected chi connectivity index (χ2v) is 6.27. The van der Waals surface area contributed by atoms with Crippen LogP contribution >= 0.6 is 0 Å². The molecule has 0 amide bonds. The smallest absolute Gasteiger partial charge is 0.0671 e. The minimum Gasteiger partial charge on any atom is -0.377 e. The summed E-state index contributed by atoms with van der Waals surface area (Å²) in [5.41, 5.74) is 8.64. The van der Waals surface area contributed by atoms with Crippen LogP contribution in [0.1, 0.15) is 32.8 Å². The van der Waals surface area contributed by atoms with Gasteiger partial charge in [0.05, 0.1) is 19.3 Å². The molecule has 0 bridgehead atoms. The van der Waals surface area contributed by atoms with E-state index < -0.39 is 0 Å². The van der Waals surface area contributed by atoms with Gasteiger partial charge in [0.15, 0.2) is 0 Å². The first-order valence-electron chi connectivity index (χ1n) is 7.18. The molecule has 1 heterocycles. The Morgan fingerprint density at radius 2 is 2.05 bits per heavy atom. The van der Waals surface area contributed by atoms with Crippen molar-refractivity contribution in [1.29, 1.82) is 0 Å². The SMILES string of the molecule is CC(C)(C)c1ccccc1N1CCOCC1CCN. The van der Waals surface area contributed by atoms with Gasteiger partial charge in [-0.1, -0.05) is 39.0 Å². The van der Waals surface area contributed by atoms with Gasteiger partial charge in [0, 0.05) is 12.2 Å². The van der Waals surface area contributed by atoms with Crippen molar-refractivity contribution < 1.29 is 4.74 Å². The lowest BCUT2D eigenvalue weighted by Crippen LogP contribution is -2.47. The fraction of sp³-hybridized carbons (Fsp3) is 0.625. The maximum atomic E-state index is 5.74. The summed E-state index contributed by atoms with van der Waals surface area (Å²) in [6.45, 7) is 10.1. The standard InChI is InChI=1S/C16H26N2O/c1-16(2,3)14-6-4-5-7-15(14)18-10-11-19-12-13(18)8-9-17/h4-7,13H,8-12,17H2,1-3H3. The number of hydrogen-bond acceptors (Lipinski definition) is 3. The van der Waals surface area contributed by atoms with E-state index in [4.69, 9.17) is 10.5 Å². The number of morpholine rings is 1. The Balaban J connectivity index is 2.33. The summed E-state index contributed by atoms with van der Waals surface area (Å²) in [6.07, 6.45) is 0.985. The molecule has 1 fully saturated rings. The molecule has 3 nitrogen and oxygen atoms in total. The Morgan fingerprint density at radius 1 is 1.32 bits per heavy atom. The zero-order valence-electron chi connectivity index (χ0n) is 12.4. The zero-order valence-corrected chi connectivity index (χ0v) is 12.4. The third-order valence-electron chi connectivity index (χ3n) is 3.75. The lowest BCUT2D eigenvalue weighted by molar-refractivity contribution is 0.0920. The first kappa shape index (κ1) is 14.4. The van der Waals surface area contributed by atoms with Crippen molar-refractivity contribution in [3.8, 4) is 0 Å². The van der Waals surface area contributed by atoms with E-state index in [0.717, 1.165) is 26.2 Å². The lowest BCUT2D eigenvalue weighted by Gasteiger charge is -2.40. The molecule has 1 aliphatic heterocycles. The van der Waals surface area contributed by atoms with E-state index in [1.54, 1.807) is 0 Å². The zero-order chi connectivity index (χ0) is 13.9. The number of hydrogen-bond donors (Lipinski definition) is 1. The van der Waals surface area contributed by atoms with Gasteiger partial charge < -0.3 is 15.4 Å². The van der Waals surface area contributed by atoms with Crippen LogP contribution in [0.4, 0.5) is 5.69 Å². The molecule has 1 atom stereocenters. The van der Waals surface area contributed by atoms with E-state index >= 15 is 0 Å². The molecule has 1 saturated heterocycles. The van der Waals surface area contributed by atoms with Gasteiger partial charge in [-0.25, -0.2) is 0 Å². The minimum atomic E-state index is 0.155. The van der Waals surface area contributed by atoms with Gasteiger partial charge >= 0.3 is 0 Å². The average Bonchev–Trinajstić information content (AvgIpc) is 2.39. The highest BCUT2D eigenvalue weighted by Crippen LogP contribution is 2.33. The predicted molar refractivity (Wildman–Crippen MR) is 80.8 cm³/mol. The van der Waals surface area contributed by atoms with Gasteiger partial charge in [-0.15, -0.1) is 0 Å². The highest BCUT2D eigenvalue weighted by molar-refractivity contribution is 5.57. The molecule has 0 aliphatic carbocycles. The maximum absolute atomic E-state index is 5.74. The van der Waals surface area contributed by atoms with E-state index in [0.29, 0.717) is 12.6 Å². The summed E-state index contributed by atoms with van der Waals surface area (Å²) in [5, 5.41) is 0. The largest absolute Gasteiger partial charge is 0.377 e. The summed E-state index contributed by atoms with van der Waals surface area (Å²) in [6, 6.07) is 9.13. The van der Waals surface area contributed by atoms with E-state index in [1.807, 2.05) is 0 Å². The van der Waals surface area contributed by atoms with Crippen LogP contribution in [0.3, 0.4) is 0 Å². The Morgan fingerprint density at radius 3 is 2.74 bits per heavy atom. The Kier molecular flexibility index (Phi) is 4.48. The predicted octanol–water partition coefficient (Wildman–Crippen LogP) is 2.54. The topological polar surface area (TPSA) is 38.5 Å². The number of ether oxygens (including phenoxy) is 1. The fourth-order valence-electron chi connectivity index (χ4n) is 2.76.